The lowest BCUT2D eigenvalue weighted by atomic mass is 9.90. The van der Waals surface area contributed by atoms with Crippen LogP contribution in [0, 0.1) is 17.2 Å². The van der Waals surface area contributed by atoms with Gasteiger partial charge in [-0.25, -0.2) is 0 Å². The number of likely N-dealkylation sites (N-methyl/N-ethyl adjacent to an activating group) is 1. The van der Waals surface area contributed by atoms with Gasteiger partial charge in [0, 0.05) is 6.61 Å². The number of nitriles is 1. The highest BCUT2D eigenvalue weighted by molar-refractivity contribution is 5.79. The molecule has 0 saturated carbocycles. The van der Waals surface area contributed by atoms with Crippen molar-refractivity contribution in [3.05, 3.63) is 0 Å². The van der Waals surface area contributed by atoms with Gasteiger partial charge in [0.05, 0.1) is 12.6 Å². The molecule has 0 heterocycles. The Bertz CT molecular complexity index is 312. The number of carbonyl (C=O) groups is 1. The summed E-state index contributed by atoms with van der Waals surface area (Å²) in [6.45, 7) is 6.92. The molecule has 0 aliphatic heterocycles. The molecule has 0 spiro atoms. The van der Waals surface area contributed by atoms with Crippen LogP contribution in [0.4, 0.5) is 0 Å². The van der Waals surface area contributed by atoms with Gasteiger partial charge in [0.15, 0.2) is 0 Å². The van der Waals surface area contributed by atoms with Crippen LogP contribution < -0.4 is 5.32 Å². The molecule has 1 amide bonds. The van der Waals surface area contributed by atoms with Gasteiger partial charge in [-0.15, -0.1) is 0 Å². The fraction of sp³-hybridized carbons (Fsp3) is 0.857. The lowest BCUT2D eigenvalue weighted by Gasteiger charge is -2.28. The lowest BCUT2D eigenvalue weighted by molar-refractivity contribution is -0.123. The minimum Gasteiger partial charge on any atom is -0.396 e. The van der Waals surface area contributed by atoms with Gasteiger partial charge in [-0.05, 0) is 45.7 Å². The first-order chi connectivity index (χ1) is 8.85. The van der Waals surface area contributed by atoms with E-state index in [1.54, 1.807) is 6.92 Å². The number of aliphatic hydroxyl groups excluding tert-OH is 1. The van der Waals surface area contributed by atoms with Crippen molar-refractivity contribution in [2.24, 2.45) is 5.92 Å². The molecule has 0 aromatic heterocycles. The summed E-state index contributed by atoms with van der Waals surface area (Å²) in [5, 5.41) is 20.6. The summed E-state index contributed by atoms with van der Waals surface area (Å²) in [4.78, 5) is 13.8. The van der Waals surface area contributed by atoms with E-state index >= 15 is 0 Å². The molecule has 0 aromatic rings. The Morgan fingerprint density at radius 3 is 2.53 bits per heavy atom. The van der Waals surface area contributed by atoms with E-state index in [2.05, 4.69) is 11.4 Å². The zero-order chi connectivity index (χ0) is 14.9. The highest BCUT2D eigenvalue weighted by atomic mass is 16.2. The van der Waals surface area contributed by atoms with Crippen molar-refractivity contribution in [3.63, 3.8) is 0 Å². The van der Waals surface area contributed by atoms with Gasteiger partial charge in [0.2, 0.25) is 5.91 Å². The zero-order valence-electron chi connectivity index (χ0n) is 12.6. The molecule has 19 heavy (non-hydrogen) atoms. The largest absolute Gasteiger partial charge is 0.396 e. The third-order valence-electron chi connectivity index (χ3n) is 3.40. The number of hydrogen-bond donors (Lipinski definition) is 2. The second-order valence-electron chi connectivity index (χ2n) is 5.54. The van der Waals surface area contributed by atoms with Crippen LogP contribution in [-0.4, -0.2) is 48.2 Å². The molecular formula is C14H27N3O2. The first-order valence-corrected chi connectivity index (χ1v) is 6.87. The van der Waals surface area contributed by atoms with E-state index in [1.807, 2.05) is 25.8 Å². The van der Waals surface area contributed by atoms with E-state index in [9.17, 15) is 4.79 Å². The van der Waals surface area contributed by atoms with Crippen molar-refractivity contribution in [2.75, 3.05) is 26.7 Å². The first-order valence-electron chi connectivity index (χ1n) is 6.87. The number of nitrogens with one attached hydrogen (secondary N) is 1. The number of carbonyl (C=O) groups excluding carboxylic acids is 1. The third kappa shape index (κ3) is 7.14. The van der Waals surface area contributed by atoms with E-state index in [1.165, 1.54) is 0 Å². The quantitative estimate of drug-likeness (QED) is 0.615. The first kappa shape index (κ1) is 17.9. The molecule has 0 radical (unpaired) electrons. The number of rotatable bonds is 9. The molecule has 1 unspecified atom stereocenters. The molecule has 5 heteroatoms. The number of hydrogen-bond acceptors (Lipinski definition) is 4. The summed E-state index contributed by atoms with van der Waals surface area (Å²) < 4.78 is 0. The van der Waals surface area contributed by atoms with E-state index < -0.39 is 5.54 Å². The van der Waals surface area contributed by atoms with E-state index in [0.717, 1.165) is 25.8 Å². The van der Waals surface area contributed by atoms with Crippen molar-refractivity contribution in [2.45, 2.75) is 45.6 Å². The van der Waals surface area contributed by atoms with Crippen molar-refractivity contribution < 1.29 is 9.90 Å². The van der Waals surface area contributed by atoms with Crippen molar-refractivity contribution >= 4 is 5.91 Å². The van der Waals surface area contributed by atoms with Crippen LogP contribution in [0.15, 0.2) is 0 Å². The minimum atomic E-state index is -0.811. The summed E-state index contributed by atoms with van der Waals surface area (Å²) >= 11 is 0. The Balaban J connectivity index is 4.07. The number of aliphatic hydroxyl groups is 1. The van der Waals surface area contributed by atoms with E-state index in [-0.39, 0.29) is 18.4 Å². The summed E-state index contributed by atoms with van der Waals surface area (Å²) in [6.07, 6.45) is 2.73. The molecule has 0 aliphatic carbocycles. The summed E-state index contributed by atoms with van der Waals surface area (Å²) in [5.41, 5.74) is -0.811. The summed E-state index contributed by atoms with van der Waals surface area (Å²) in [5.74, 6) is -0.0567. The zero-order valence-corrected chi connectivity index (χ0v) is 12.6. The van der Waals surface area contributed by atoms with Gasteiger partial charge < -0.3 is 10.4 Å². The van der Waals surface area contributed by atoms with Gasteiger partial charge >= 0.3 is 0 Å². The maximum Gasteiger partial charge on any atom is 0.235 e. The Labute approximate surface area is 116 Å². The van der Waals surface area contributed by atoms with Gasteiger partial charge in [-0.3, -0.25) is 9.69 Å². The highest BCUT2D eigenvalue weighted by Crippen LogP contribution is 2.14. The monoisotopic (exact) mass is 269 g/mol. The van der Waals surface area contributed by atoms with Crippen molar-refractivity contribution in [1.82, 2.24) is 10.2 Å². The van der Waals surface area contributed by atoms with Gasteiger partial charge in [-0.2, -0.15) is 5.26 Å². The molecule has 2 N–H and O–H groups in total. The van der Waals surface area contributed by atoms with Gasteiger partial charge in [0.25, 0.3) is 0 Å². The average Bonchev–Trinajstić information content (AvgIpc) is 2.34. The maximum atomic E-state index is 11.9. The van der Waals surface area contributed by atoms with Crippen LogP contribution in [0.5, 0.6) is 0 Å². The van der Waals surface area contributed by atoms with Crippen LogP contribution in [0.1, 0.15) is 40.0 Å². The Hall–Kier alpha value is -1.12. The molecule has 0 rings (SSSR count). The molecule has 110 valence electrons. The standard InChI is InChI=1S/C14H27N3O2/c1-12(2)14(3,11-15)16-13(19)10-17(4)8-6-5-7-9-18/h12,18H,5-10H2,1-4H3,(H,16,19). The predicted molar refractivity (Wildman–Crippen MR) is 75.4 cm³/mol. The molecular weight excluding hydrogens is 242 g/mol. The Morgan fingerprint density at radius 2 is 2.05 bits per heavy atom. The average molecular weight is 269 g/mol. The fourth-order valence-electron chi connectivity index (χ4n) is 1.63. The topological polar surface area (TPSA) is 76.4 Å². The fourth-order valence-corrected chi connectivity index (χ4v) is 1.63. The Morgan fingerprint density at radius 1 is 1.42 bits per heavy atom. The normalized spacial score (nSPS) is 14.2. The summed E-state index contributed by atoms with van der Waals surface area (Å²) in [6, 6.07) is 2.16. The second kappa shape index (κ2) is 8.89. The molecule has 1 atom stereocenters. The molecule has 0 bridgehead atoms. The number of amides is 1. The SMILES string of the molecule is CC(C)C(C)(C#N)NC(=O)CN(C)CCCCCO. The smallest absolute Gasteiger partial charge is 0.235 e. The molecule has 0 fully saturated rings. The van der Waals surface area contributed by atoms with Crippen LogP contribution in [0.25, 0.3) is 0 Å². The van der Waals surface area contributed by atoms with Crippen molar-refractivity contribution in [3.8, 4) is 6.07 Å². The Kier molecular flexibility index (Phi) is 8.37. The molecule has 0 saturated heterocycles. The molecule has 0 aromatic carbocycles. The minimum absolute atomic E-state index is 0.0660. The van der Waals surface area contributed by atoms with Crippen molar-refractivity contribution in [1.29, 1.82) is 5.26 Å². The van der Waals surface area contributed by atoms with Crippen LogP contribution in [0.2, 0.25) is 0 Å². The van der Waals surface area contributed by atoms with Crippen LogP contribution in [-0.2, 0) is 4.79 Å². The summed E-state index contributed by atoms with van der Waals surface area (Å²) in [7, 11) is 1.89. The van der Waals surface area contributed by atoms with Crippen LogP contribution >= 0.6 is 0 Å². The molecule has 5 nitrogen and oxygen atoms in total. The van der Waals surface area contributed by atoms with E-state index in [0.29, 0.717) is 6.54 Å². The number of nitrogens with zero attached hydrogens (tertiary/aromatic N) is 2. The third-order valence-corrected chi connectivity index (χ3v) is 3.40. The molecule has 0 aliphatic rings. The predicted octanol–water partition coefficient (Wildman–Crippen LogP) is 1.14. The van der Waals surface area contributed by atoms with Gasteiger partial charge in [-0.1, -0.05) is 13.8 Å². The second-order valence-corrected chi connectivity index (χ2v) is 5.54. The number of unbranched alkanes of at least 4 members (excludes halogenated alkanes) is 2. The maximum absolute atomic E-state index is 11.9. The highest BCUT2D eigenvalue weighted by Gasteiger charge is 2.29. The van der Waals surface area contributed by atoms with E-state index in [4.69, 9.17) is 10.4 Å². The van der Waals surface area contributed by atoms with Gasteiger partial charge in [0.1, 0.15) is 5.54 Å². The lowest BCUT2D eigenvalue weighted by Crippen LogP contribution is -2.51. The van der Waals surface area contributed by atoms with Crippen LogP contribution in [0.3, 0.4) is 0 Å².